The van der Waals surface area contributed by atoms with E-state index in [4.69, 9.17) is 4.84 Å². The lowest BCUT2D eigenvalue weighted by Gasteiger charge is -2.50. The molecular weight excluding hydrogens is 368 g/mol. The molecule has 29 heavy (non-hydrogen) atoms. The first-order valence-electron chi connectivity index (χ1n) is 11.6. The lowest BCUT2D eigenvalue weighted by Crippen LogP contribution is -2.60. The molecule has 4 rings (SSSR count). The van der Waals surface area contributed by atoms with Gasteiger partial charge in [-0.2, -0.15) is 5.06 Å². The number of hydrogen-bond acceptors (Lipinski definition) is 5. The summed E-state index contributed by atoms with van der Waals surface area (Å²) in [5.41, 5.74) is 0. The van der Waals surface area contributed by atoms with E-state index in [1.807, 2.05) is 14.0 Å². The Morgan fingerprint density at radius 1 is 1.24 bits per heavy atom. The number of fused-ring (bicyclic) bond motifs is 1. The number of nitrogens with one attached hydrogen (secondary N) is 2. The van der Waals surface area contributed by atoms with Gasteiger partial charge in [0.15, 0.2) is 0 Å². The number of nitrogens with zero attached hydrogens (tertiary/aromatic N) is 2. The van der Waals surface area contributed by atoms with Crippen molar-refractivity contribution in [2.75, 3.05) is 26.7 Å². The highest BCUT2D eigenvalue weighted by Gasteiger charge is 2.48. The third-order valence-corrected chi connectivity index (χ3v) is 7.87. The summed E-state index contributed by atoms with van der Waals surface area (Å²) in [6, 6.07) is 0.901. The minimum Gasteiger partial charge on any atom is -0.352 e. The van der Waals surface area contributed by atoms with Crippen molar-refractivity contribution in [3.05, 3.63) is 0 Å². The Hall–Kier alpha value is -1.18. The van der Waals surface area contributed by atoms with Crippen molar-refractivity contribution in [2.24, 2.45) is 23.7 Å². The van der Waals surface area contributed by atoms with E-state index >= 15 is 0 Å². The maximum absolute atomic E-state index is 13.3. The van der Waals surface area contributed by atoms with Crippen LogP contribution in [0.15, 0.2) is 0 Å². The number of hydroxylamine groups is 2. The van der Waals surface area contributed by atoms with Gasteiger partial charge in [0.2, 0.25) is 11.8 Å². The highest BCUT2D eigenvalue weighted by atomic mass is 16.7. The summed E-state index contributed by atoms with van der Waals surface area (Å²) >= 11 is 0. The van der Waals surface area contributed by atoms with Gasteiger partial charge in [0.1, 0.15) is 6.04 Å². The molecule has 1 aliphatic carbocycles. The number of hydrogen-bond donors (Lipinski definition) is 2. The van der Waals surface area contributed by atoms with E-state index in [0.717, 1.165) is 38.6 Å². The molecule has 4 aliphatic rings. The number of carbonyl (C=O) groups is 2. The Bertz CT molecular complexity index is 629. The predicted molar refractivity (Wildman–Crippen MR) is 111 cm³/mol. The summed E-state index contributed by atoms with van der Waals surface area (Å²) in [4.78, 5) is 33.3. The van der Waals surface area contributed by atoms with Gasteiger partial charge in [-0.1, -0.05) is 6.92 Å². The van der Waals surface area contributed by atoms with E-state index in [9.17, 15) is 9.59 Å². The second-order valence-electron chi connectivity index (χ2n) is 9.86. The zero-order valence-corrected chi connectivity index (χ0v) is 18.4. The number of amides is 2. The monoisotopic (exact) mass is 406 g/mol. The average molecular weight is 407 g/mol. The summed E-state index contributed by atoms with van der Waals surface area (Å²) in [5.74, 6) is 1.92. The van der Waals surface area contributed by atoms with Crippen LogP contribution < -0.4 is 10.6 Å². The maximum atomic E-state index is 13.3. The molecule has 3 heterocycles. The van der Waals surface area contributed by atoms with E-state index in [2.05, 4.69) is 29.4 Å². The molecule has 0 aromatic heterocycles. The normalized spacial score (nSPS) is 44.9. The predicted octanol–water partition coefficient (Wildman–Crippen LogP) is 1.39. The highest BCUT2D eigenvalue weighted by Crippen LogP contribution is 2.43. The zero-order chi connectivity index (χ0) is 20.7. The molecule has 2 N–H and O–H groups in total. The van der Waals surface area contributed by atoms with Gasteiger partial charge in [-0.25, -0.2) is 0 Å². The fourth-order valence-corrected chi connectivity index (χ4v) is 6.04. The molecule has 164 valence electrons. The molecule has 7 nitrogen and oxygen atoms in total. The average Bonchev–Trinajstić information content (AvgIpc) is 3.46. The van der Waals surface area contributed by atoms with E-state index in [0.29, 0.717) is 48.9 Å². The summed E-state index contributed by atoms with van der Waals surface area (Å²) in [5, 5.41) is 8.60. The van der Waals surface area contributed by atoms with Gasteiger partial charge in [0, 0.05) is 37.6 Å². The van der Waals surface area contributed by atoms with Gasteiger partial charge in [-0.05, 0) is 63.7 Å². The summed E-state index contributed by atoms with van der Waals surface area (Å²) in [6.07, 6.45) is 5.04. The number of likely N-dealkylation sites (tertiary alicyclic amines) is 1. The Labute approximate surface area is 174 Å². The Morgan fingerprint density at radius 2 is 2.03 bits per heavy atom. The molecule has 4 fully saturated rings. The van der Waals surface area contributed by atoms with Crippen LogP contribution in [0.1, 0.15) is 52.9 Å². The topological polar surface area (TPSA) is 73.7 Å². The van der Waals surface area contributed by atoms with Crippen molar-refractivity contribution >= 4 is 11.8 Å². The fourth-order valence-electron chi connectivity index (χ4n) is 6.04. The van der Waals surface area contributed by atoms with Crippen LogP contribution in [0.3, 0.4) is 0 Å². The van der Waals surface area contributed by atoms with Gasteiger partial charge in [0.25, 0.3) is 0 Å². The van der Waals surface area contributed by atoms with E-state index < -0.39 is 0 Å². The minimum atomic E-state index is -0.133. The molecule has 0 bridgehead atoms. The van der Waals surface area contributed by atoms with Crippen molar-refractivity contribution in [1.29, 1.82) is 0 Å². The second-order valence-corrected chi connectivity index (χ2v) is 9.86. The van der Waals surface area contributed by atoms with E-state index in [-0.39, 0.29) is 23.9 Å². The van der Waals surface area contributed by atoms with Gasteiger partial charge in [-0.15, -0.1) is 0 Å². The van der Waals surface area contributed by atoms with Crippen LogP contribution in [0.5, 0.6) is 0 Å². The maximum Gasteiger partial charge on any atom is 0.241 e. The third kappa shape index (κ3) is 4.32. The Kier molecular flexibility index (Phi) is 6.19. The molecule has 0 radical (unpaired) electrons. The number of piperidine rings is 2. The molecular formula is C22H38N4O3. The van der Waals surface area contributed by atoms with Gasteiger partial charge in [0.05, 0.1) is 13.2 Å². The van der Waals surface area contributed by atoms with E-state index in [1.165, 1.54) is 0 Å². The largest absolute Gasteiger partial charge is 0.352 e. The molecule has 7 heteroatoms. The van der Waals surface area contributed by atoms with Crippen LogP contribution in [0.4, 0.5) is 0 Å². The van der Waals surface area contributed by atoms with Crippen molar-refractivity contribution < 1.29 is 14.4 Å². The standard InChI is InChI=1S/C22H38N4O3/c1-5-29-26-12-20(26)21(27)24-16-7-6-13(2)17(10-16)18-9-15-11-23-14(3)8-19(15)25(4)22(18)28/h13-20,23H,5-12H2,1-4H3,(H,24,27). The first-order chi connectivity index (χ1) is 13.9. The van der Waals surface area contributed by atoms with Crippen LogP contribution in [0.2, 0.25) is 0 Å². The fraction of sp³-hybridized carbons (Fsp3) is 0.909. The Morgan fingerprint density at radius 3 is 2.79 bits per heavy atom. The highest BCUT2D eigenvalue weighted by molar-refractivity contribution is 5.84. The second kappa shape index (κ2) is 8.52. The van der Waals surface area contributed by atoms with Crippen LogP contribution >= 0.6 is 0 Å². The van der Waals surface area contributed by atoms with Crippen LogP contribution in [-0.4, -0.2) is 72.7 Å². The van der Waals surface area contributed by atoms with Crippen LogP contribution in [0, 0.1) is 23.7 Å². The quantitative estimate of drug-likeness (QED) is 0.675. The summed E-state index contributed by atoms with van der Waals surface area (Å²) in [7, 11) is 2.01. The lowest BCUT2D eigenvalue weighted by atomic mass is 9.65. The van der Waals surface area contributed by atoms with Crippen LogP contribution in [0.25, 0.3) is 0 Å². The summed E-state index contributed by atoms with van der Waals surface area (Å²) in [6.45, 7) is 8.74. The first kappa shape index (κ1) is 21.1. The lowest BCUT2D eigenvalue weighted by molar-refractivity contribution is -0.148. The van der Waals surface area contributed by atoms with Crippen molar-refractivity contribution in [1.82, 2.24) is 20.6 Å². The molecule has 0 spiro atoms. The molecule has 0 aromatic carbocycles. The smallest absolute Gasteiger partial charge is 0.241 e. The molecule has 3 saturated heterocycles. The molecule has 9 atom stereocenters. The number of rotatable bonds is 5. The van der Waals surface area contributed by atoms with Crippen molar-refractivity contribution in [3.63, 3.8) is 0 Å². The minimum absolute atomic E-state index is 0.0781. The summed E-state index contributed by atoms with van der Waals surface area (Å²) < 4.78 is 0. The van der Waals surface area contributed by atoms with Crippen LogP contribution in [-0.2, 0) is 14.4 Å². The van der Waals surface area contributed by atoms with E-state index in [1.54, 1.807) is 5.06 Å². The van der Waals surface area contributed by atoms with Crippen molar-refractivity contribution in [3.8, 4) is 0 Å². The number of carbonyl (C=O) groups excluding carboxylic acids is 2. The van der Waals surface area contributed by atoms with Gasteiger partial charge >= 0.3 is 0 Å². The van der Waals surface area contributed by atoms with Gasteiger partial charge < -0.3 is 15.5 Å². The Balaban J connectivity index is 1.38. The van der Waals surface area contributed by atoms with Gasteiger partial charge in [-0.3, -0.25) is 14.4 Å². The molecule has 3 aliphatic heterocycles. The SMILES string of the molecule is CCON1CC1C(=O)NC1CCC(C)C(C2CC3CNC(C)CC3N(C)C2=O)C1. The molecule has 0 aromatic rings. The third-order valence-electron chi connectivity index (χ3n) is 7.87. The molecule has 2 amide bonds. The molecule has 9 unspecified atom stereocenters. The molecule has 1 saturated carbocycles. The van der Waals surface area contributed by atoms with Crippen molar-refractivity contribution in [2.45, 2.75) is 77.0 Å². The first-order valence-corrected chi connectivity index (χ1v) is 11.6. The zero-order valence-electron chi connectivity index (χ0n) is 18.4.